The van der Waals surface area contributed by atoms with E-state index in [1.165, 1.54) is 18.1 Å². The summed E-state index contributed by atoms with van der Waals surface area (Å²) in [6, 6.07) is 12.3. The van der Waals surface area contributed by atoms with Gasteiger partial charge in [0.1, 0.15) is 18.7 Å². The van der Waals surface area contributed by atoms with Crippen LogP contribution >= 0.6 is 11.6 Å². The van der Waals surface area contributed by atoms with E-state index in [1.54, 1.807) is 18.2 Å². The fourth-order valence-corrected chi connectivity index (χ4v) is 2.37. The second kappa shape index (κ2) is 7.63. The molecule has 0 fully saturated rings. The van der Waals surface area contributed by atoms with Crippen LogP contribution in [0.5, 0.6) is 5.75 Å². The van der Waals surface area contributed by atoms with Crippen molar-refractivity contribution in [2.24, 2.45) is 0 Å². The lowest BCUT2D eigenvalue weighted by molar-refractivity contribution is 0.155. The van der Waals surface area contributed by atoms with Crippen molar-refractivity contribution in [1.29, 1.82) is 0 Å². The molecule has 1 heterocycles. The molecular weight excluding hydrogens is 346 g/mol. The Morgan fingerprint density at radius 3 is 2.88 bits per heavy atom. The van der Waals surface area contributed by atoms with E-state index in [9.17, 15) is 4.79 Å². The Kier molecular flexibility index (Phi) is 5.10. The van der Waals surface area contributed by atoms with Gasteiger partial charge in [-0.2, -0.15) is 0 Å². The van der Waals surface area contributed by atoms with E-state index in [1.807, 2.05) is 24.3 Å². The number of hydrogen-bond acceptors (Lipinski definition) is 6. The first-order chi connectivity index (χ1) is 12.2. The molecule has 0 radical (unpaired) electrons. The van der Waals surface area contributed by atoms with Gasteiger partial charge in [0.2, 0.25) is 0 Å². The van der Waals surface area contributed by atoms with E-state index in [2.05, 4.69) is 20.8 Å². The summed E-state index contributed by atoms with van der Waals surface area (Å²) in [5.41, 5.74) is 2.09. The van der Waals surface area contributed by atoms with Gasteiger partial charge in [0.25, 0.3) is 0 Å². The molecule has 0 aliphatic carbocycles. The molecule has 3 rings (SSSR count). The molecule has 0 spiro atoms. The molecule has 1 amide bonds. The highest BCUT2D eigenvalue weighted by Gasteiger charge is 2.07. The smallest absolute Gasteiger partial charge is 0.411 e. The molecule has 1 N–H and O–H groups in total. The first kappa shape index (κ1) is 16.7. The molecular formula is C16H14ClN5O3. The van der Waals surface area contributed by atoms with Crippen LogP contribution in [0.25, 0.3) is 5.69 Å². The highest BCUT2D eigenvalue weighted by atomic mass is 35.5. The molecule has 0 bridgehead atoms. The molecule has 0 aliphatic rings. The van der Waals surface area contributed by atoms with Crippen molar-refractivity contribution >= 4 is 23.4 Å². The highest BCUT2D eigenvalue weighted by Crippen LogP contribution is 2.27. The lowest BCUT2D eigenvalue weighted by Gasteiger charge is -2.09. The van der Waals surface area contributed by atoms with Crippen LogP contribution in [-0.2, 0) is 11.3 Å². The van der Waals surface area contributed by atoms with E-state index in [0.717, 1.165) is 11.3 Å². The number of benzene rings is 2. The van der Waals surface area contributed by atoms with Crippen LogP contribution in [0.2, 0.25) is 5.02 Å². The summed E-state index contributed by atoms with van der Waals surface area (Å²) < 4.78 is 11.8. The number of hydrogen-bond donors (Lipinski definition) is 1. The number of rotatable bonds is 5. The molecule has 0 atom stereocenters. The molecule has 3 aromatic rings. The summed E-state index contributed by atoms with van der Waals surface area (Å²) in [7, 11) is 1.52. The largest absolute Gasteiger partial charge is 0.495 e. The van der Waals surface area contributed by atoms with Crippen LogP contribution in [0.15, 0.2) is 48.8 Å². The fourth-order valence-electron chi connectivity index (χ4n) is 2.12. The lowest BCUT2D eigenvalue weighted by atomic mass is 10.2. The Hall–Kier alpha value is -3.13. The number of carbonyl (C=O) groups excluding carboxylic acids is 1. The number of anilines is 1. The SMILES string of the molecule is COc1ccc(NC(=O)OCc2cccc(-n3cnnn3)c2)cc1Cl. The molecule has 2 aromatic carbocycles. The molecule has 25 heavy (non-hydrogen) atoms. The number of ether oxygens (including phenoxy) is 2. The van der Waals surface area contributed by atoms with Crippen LogP contribution < -0.4 is 10.1 Å². The number of carbonyl (C=O) groups is 1. The minimum atomic E-state index is -0.589. The summed E-state index contributed by atoms with van der Waals surface area (Å²) in [6.07, 6.45) is 0.897. The number of methoxy groups -OCH3 is 1. The van der Waals surface area contributed by atoms with Gasteiger partial charge in [-0.25, -0.2) is 9.48 Å². The number of nitrogens with zero attached hydrogens (tertiary/aromatic N) is 4. The van der Waals surface area contributed by atoms with Gasteiger partial charge in [-0.05, 0) is 46.3 Å². The number of nitrogens with one attached hydrogen (secondary N) is 1. The maximum absolute atomic E-state index is 11.9. The summed E-state index contributed by atoms with van der Waals surface area (Å²) in [6.45, 7) is 0.103. The Bertz CT molecular complexity index is 870. The summed E-state index contributed by atoms with van der Waals surface area (Å²) in [5.74, 6) is 0.528. The quantitative estimate of drug-likeness (QED) is 0.752. The van der Waals surface area contributed by atoms with Crippen molar-refractivity contribution in [3.8, 4) is 11.4 Å². The Morgan fingerprint density at radius 1 is 1.28 bits per heavy atom. The van der Waals surface area contributed by atoms with Crippen molar-refractivity contribution in [2.75, 3.05) is 12.4 Å². The van der Waals surface area contributed by atoms with Crippen LogP contribution in [0, 0.1) is 0 Å². The van der Waals surface area contributed by atoms with E-state index in [4.69, 9.17) is 21.1 Å². The number of halogens is 1. The minimum absolute atomic E-state index is 0.103. The Balaban J connectivity index is 1.59. The normalized spacial score (nSPS) is 10.3. The first-order valence-corrected chi connectivity index (χ1v) is 7.63. The van der Waals surface area contributed by atoms with E-state index in [0.29, 0.717) is 16.5 Å². The molecule has 8 nitrogen and oxygen atoms in total. The molecule has 128 valence electrons. The third kappa shape index (κ3) is 4.24. The van der Waals surface area contributed by atoms with Gasteiger partial charge >= 0.3 is 6.09 Å². The van der Waals surface area contributed by atoms with Gasteiger partial charge in [0, 0.05) is 5.69 Å². The van der Waals surface area contributed by atoms with Crippen LogP contribution in [0.4, 0.5) is 10.5 Å². The minimum Gasteiger partial charge on any atom is -0.495 e. The third-order valence-electron chi connectivity index (χ3n) is 3.29. The zero-order chi connectivity index (χ0) is 17.6. The molecule has 0 saturated carbocycles. The van der Waals surface area contributed by atoms with Crippen molar-refractivity contribution in [1.82, 2.24) is 20.2 Å². The van der Waals surface area contributed by atoms with Gasteiger partial charge < -0.3 is 9.47 Å². The molecule has 0 saturated heterocycles. The zero-order valence-corrected chi connectivity index (χ0v) is 14.0. The number of tetrazole rings is 1. The van der Waals surface area contributed by atoms with Gasteiger partial charge in [-0.1, -0.05) is 23.7 Å². The standard InChI is InChI=1S/C16H14ClN5O3/c1-24-15-6-5-12(8-14(15)17)19-16(23)25-9-11-3-2-4-13(7-11)22-10-18-20-21-22/h2-8,10H,9H2,1H3,(H,19,23). The highest BCUT2D eigenvalue weighted by molar-refractivity contribution is 6.32. The van der Waals surface area contributed by atoms with Crippen LogP contribution in [0.1, 0.15) is 5.56 Å². The number of aromatic nitrogens is 4. The first-order valence-electron chi connectivity index (χ1n) is 7.25. The predicted octanol–water partition coefficient (Wildman–Crippen LogP) is 3.07. The van der Waals surface area contributed by atoms with Crippen molar-refractivity contribution in [3.63, 3.8) is 0 Å². The van der Waals surface area contributed by atoms with Crippen molar-refractivity contribution < 1.29 is 14.3 Å². The average Bonchev–Trinajstić information content (AvgIpc) is 3.15. The van der Waals surface area contributed by atoms with Gasteiger partial charge in [-0.3, -0.25) is 5.32 Å². The van der Waals surface area contributed by atoms with Crippen LogP contribution in [0.3, 0.4) is 0 Å². The molecule has 1 aromatic heterocycles. The molecule has 0 aliphatic heterocycles. The van der Waals surface area contributed by atoms with Gasteiger partial charge in [-0.15, -0.1) is 5.10 Å². The van der Waals surface area contributed by atoms with Crippen LogP contribution in [-0.4, -0.2) is 33.4 Å². The maximum atomic E-state index is 11.9. The maximum Gasteiger partial charge on any atom is 0.411 e. The van der Waals surface area contributed by atoms with E-state index < -0.39 is 6.09 Å². The monoisotopic (exact) mass is 359 g/mol. The van der Waals surface area contributed by atoms with Gasteiger partial charge in [0.15, 0.2) is 0 Å². The zero-order valence-electron chi connectivity index (χ0n) is 13.2. The average molecular weight is 360 g/mol. The third-order valence-corrected chi connectivity index (χ3v) is 3.59. The predicted molar refractivity (Wildman–Crippen MR) is 91.0 cm³/mol. The van der Waals surface area contributed by atoms with Crippen molar-refractivity contribution in [3.05, 3.63) is 59.4 Å². The van der Waals surface area contributed by atoms with E-state index >= 15 is 0 Å². The Labute approximate surface area is 148 Å². The summed E-state index contributed by atoms with van der Waals surface area (Å²) >= 11 is 6.02. The van der Waals surface area contributed by atoms with Crippen molar-refractivity contribution in [2.45, 2.75) is 6.61 Å². The second-order valence-corrected chi connectivity index (χ2v) is 5.38. The van der Waals surface area contributed by atoms with E-state index in [-0.39, 0.29) is 6.61 Å². The Morgan fingerprint density at radius 2 is 2.16 bits per heavy atom. The lowest BCUT2D eigenvalue weighted by Crippen LogP contribution is -2.13. The summed E-state index contributed by atoms with van der Waals surface area (Å²) in [4.78, 5) is 11.9. The van der Waals surface area contributed by atoms with Gasteiger partial charge in [0.05, 0.1) is 17.8 Å². The summed E-state index contributed by atoms with van der Waals surface area (Å²) in [5, 5.41) is 14.0. The topological polar surface area (TPSA) is 91.2 Å². The molecule has 9 heteroatoms. The second-order valence-electron chi connectivity index (χ2n) is 4.97. The fraction of sp³-hybridized carbons (Fsp3) is 0.125. The molecule has 0 unspecified atom stereocenters. The number of amides is 1.